The third-order valence-electron chi connectivity index (χ3n) is 2.87. The smallest absolute Gasteiger partial charge is 0.138 e. The lowest BCUT2D eigenvalue weighted by atomic mass is 10.1. The van der Waals surface area contributed by atoms with Crippen molar-refractivity contribution in [3.05, 3.63) is 23.3 Å². The zero-order chi connectivity index (χ0) is 14.1. The molecule has 0 bridgehead atoms. The fourth-order valence-corrected chi connectivity index (χ4v) is 1.80. The molecule has 19 heavy (non-hydrogen) atoms. The van der Waals surface area contributed by atoms with Gasteiger partial charge in [-0.05, 0) is 18.6 Å². The molecule has 1 rings (SSSR count). The number of aromatic hydroxyl groups is 1. The molecule has 4 heteroatoms. The van der Waals surface area contributed by atoms with Gasteiger partial charge in [-0.25, -0.2) is 0 Å². The van der Waals surface area contributed by atoms with Gasteiger partial charge < -0.3 is 9.84 Å². The van der Waals surface area contributed by atoms with Crippen molar-refractivity contribution in [1.29, 1.82) is 10.5 Å². The molecule has 0 radical (unpaired) electrons. The summed E-state index contributed by atoms with van der Waals surface area (Å²) in [6.45, 7) is 2.68. The van der Waals surface area contributed by atoms with Crippen LogP contribution in [0.15, 0.2) is 12.1 Å². The van der Waals surface area contributed by atoms with Crippen molar-refractivity contribution in [2.45, 2.75) is 39.0 Å². The number of ether oxygens (including phenoxy) is 1. The van der Waals surface area contributed by atoms with Crippen LogP contribution >= 0.6 is 0 Å². The van der Waals surface area contributed by atoms with E-state index in [9.17, 15) is 5.11 Å². The first kappa shape index (κ1) is 14.9. The third kappa shape index (κ3) is 4.19. The van der Waals surface area contributed by atoms with Gasteiger partial charge in [0, 0.05) is 0 Å². The van der Waals surface area contributed by atoms with Crippen molar-refractivity contribution < 1.29 is 9.84 Å². The van der Waals surface area contributed by atoms with E-state index in [1.807, 2.05) is 12.1 Å². The minimum absolute atomic E-state index is 0.0222. The second kappa shape index (κ2) is 8.00. The summed E-state index contributed by atoms with van der Waals surface area (Å²) in [6, 6.07) is 6.64. The summed E-state index contributed by atoms with van der Waals surface area (Å²) in [6.07, 6.45) is 5.63. The largest absolute Gasteiger partial charge is 0.507 e. The van der Waals surface area contributed by atoms with Crippen LogP contribution in [0.3, 0.4) is 0 Å². The first-order valence-electron chi connectivity index (χ1n) is 6.53. The fourth-order valence-electron chi connectivity index (χ4n) is 1.80. The number of nitriles is 2. The normalized spacial score (nSPS) is 9.63. The maximum absolute atomic E-state index is 9.49. The molecule has 100 valence electrons. The second-order valence-corrected chi connectivity index (χ2v) is 4.32. The van der Waals surface area contributed by atoms with Crippen LogP contribution in [0.2, 0.25) is 0 Å². The molecule has 0 aliphatic carbocycles. The molecule has 0 saturated carbocycles. The zero-order valence-corrected chi connectivity index (χ0v) is 11.1. The van der Waals surface area contributed by atoms with Gasteiger partial charge in [-0.15, -0.1) is 0 Å². The van der Waals surface area contributed by atoms with Crippen LogP contribution in [0.5, 0.6) is 11.5 Å². The number of unbranched alkanes of at least 4 members (excludes halogenated alkanes) is 4. The second-order valence-electron chi connectivity index (χ2n) is 4.32. The molecule has 1 N–H and O–H groups in total. The van der Waals surface area contributed by atoms with Crippen molar-refractivity contribution in [2.75, 3.05) is 6.61 Å². The Bertz CT molecular complexity index is 498. The van der Waals surface area contributed by atoms with Gasteiger partial charge in [0.05, 0.1) is 6.61 Å². The van der Waals surface area contributed by atoms with E-state index in [2.05, 4.69) is 6.92 Å². The van der Waals surface area contributed by atoms with Gasteiger partial charge >= 0.3 is 0 Å². The van der Waals surface area contributed by atoms with Crippen LogP contribution in [0.4, 0.5) is 0 Å². The van der Waals surface area contributed by atoms with Crippen LogP contribution in [0, 0.1) is 22.7 Å². The maximum atomic E-state index is 9.49. The molecule has 1 aromatic carbocycles. The van der Waals surface area contributed by atoms with Gasteiger partial charge in [-0.2, -0.15) is 10.5 Å². The van der Waals surface area contributed by atoms with Crippen molar-refractivity contribution in [3.63, 3.8) is 0 Å². The highest BCUT2D eigenvalue weighted by molar-refractivity contribution is 5.59. The van der Waals surface area contributed by atoms with Crippen LogP contribution < -0.4 is 4.74 Å². The first-order valence-corrected chi connectivity index (χ1v) is 6.53. The van der Waals surface area contributed by atoms with Gasteiger partial charge in [0.1, 0.15) is 34.8 Å². The number of phenols is 1. The zero-order valence-electron chi connectivity index (χ0n) is 11.1. The molecule has 0 fully saturated rings. The Kier molecular flexibility index (Phi) is 6.26. The molecule has 0 atom stereocenters. The van der Waals surface area contributed by atoms with Crippen LogP contribution in [0.1, 0.15) is 50.2 Å². The van der Waals surface area contributed by atoms with Crippen LogP contribution in [-0.4, -0.2) is 11.7 Å². The van der Waals surface area contributed by atoms with E-state index in [0.29, 0.717) is 12.4 Å². The maximum Gasteiger partial charge on any atom is 0.138 e. The number of rotatable bonds is 7. The van der Waals surface area contributed by atoms with Crippen molar-refractivity contribution >= 4 is 0 Å². The molecule has 0 amide bonds. The van der Waals surface area contributed by atoms with Gasteiger partial charge in [-0.3, -0.25) is 0 Å². The lowest BCUT2D eigenvalue weighted by molar-refractivity contribution is 0.303. The monoisotopic (exact) mass is 258 g/mol. The molecule has 0 heterocycles. The molecule has 0 spiro atoms. The number of nitrogens with zero attached hydrogens (tertiary/aromatic N) is 2. The fraction of sp³-hybridized carbons (Fsp3) is 0.467. The Balaban J connectivity index is 2.60. The summed E-state index contributed by atoms with van der Waals surface area (Å²) in [5.74, 6) is 0.182. The first-order chi connectivity index (χ1) is 9.24. The van der Waals surface area contributed by atoms with E-state index < -0.39 is 0 Å². The van der Waals surface area contributed by atoms with E-state index in [4.69, 9.17) is 15.3 Å². The molecular weight excluding hydrogens is 240 g/mol. The van der Waals surface area contributed by atoms with E-state index in [-0.39, 0.29) is 16.9 Å². The predicted molar refractivity (Wildman–Crippen MR) is 71.8 cm³/mol. The summed E-state index contributed by atoms with van der Waals surface area (Å²) < 4.78 is 5.52. The van der Waals surface area contributed by atoms with Crippen molar-refractivity contribution in [3.8, 4) is 23.6 Å². The average Bonchev–Trinajstić information content (AvgIpc) is 2.43. The van der Waals surface area contributed by atoms with E-state index in [0.717, 1.165) is 12.8 Å². The summed E-state index contributed by atoms with van der Waals surface area (Å²) in [5, 5.41) is 27.4. The van der Waals surface area contributed by atoms with Gasteiger partial charge in [0.25, 0.3) is 0 Å². The van der Waals surface area contributed by atoms with Crippen LogP contribution in [0.25, 0.3) is 0 Å². The topological polar surface area (TPSA) is 77.0 Å². The number of hydrogen-bond acceptors (Lipinski definition) is 4. The average molecular weight is 258 g/mol. The summed E-state index contributed by atoms with van der Waals surface area (Å²) in [5.41, 5.74) is 0.0852. The Labute approximate surface area is 113 Å². The van der Waals surface area contributed by atoms with E-state index in [1.54, 1.807) is 0 Å². The molecule has 0 saturated heterocycles. The van der Waals surface area contributed by atoms with E-state index in [1.165, 1.54) is 31.4 Å². The third-order valence-corrected chi connectivity index (χ3v) is 2.87. The lowest BCUT2D eigenvalue weighted by Crippen LogP contribution is -2.00. The molecule has 0 aliphatic heterocycles. The Morgan fingerprint density at radius 3 is 2.37 bits per heavy atom. The highest BCUT2D eigenvalue weighted by Crippen LogP contribution is 2.28. The molecular formula is C15H18N2O2. The summed E-state index contributed by atoms with van der Waals surface area (Å²) in [7, 11) is 0. The highest BCUT2D eigenvalue weighted by Gasteiger charge is 2.13. The summed E-state index contributed by atoms with van der Waals surface area (Å²) in [4.78, 5) is 0. The van der Waals surface area contributed by atoms with Crippen molar-refractivity contribution in [2.24, 2.45) is 0 Å². The molecule has 4 nitrogen and oxygen atoms in total. The highest BCUT2D eigenvalue weighted by atomic mass is 16.5. The SMILES string of the molecule is CCCCCCCOc1ccc(O)c(C#N)c1C#N. The number of hydrogen-bond donors (Lipinski definition) is 1. The van der Waals surface area contributed by atoms with Gasteiger partial charge in [0.2, 0.25) is 0 Å². The standard InChI is InChI=1S/C15H18N2O2/c1-2-3-4-5-6-9-19-15-8-7-14(18)12(10-16)13(15)11-17/h7-8,18H,2-6,9H2,1H3. The minimum atomic E-state index is -0.186. The number of benzene rings is 1. The Hall–Kier alpha value is -2.20. The van der Waals surface area contributed by atoms with E-state index >= 15 is 0 Å². The summed E-state index contributed by atoms with van der Waals surface area (Å²) >= 11 is 0. The Morgan fingerprint density at radius 2 is 1.74 bits per heavy atom. The quantitative estimate of drug-likeness (QED) is 0.759. The van der Waals surface area contributed by atoms with Gasteiger partial charge in [0.15, 0.2) is 0 Å². The number of phenolic OH excluding ortho intramolecular Hbond substituents is 1. The molecule has 0 aromatic heterocycles. The minimum Gasteiger partial charge on any atom is -0.507 e. The molecule has 0 aliphatic rings. The lowest BCUT2D eigenvalue weighted by Gasteiger charge is -2.09. The van der Waals surface area contributed by atoms with Crippen molar-refractivity contribution in [1.82, 2.24) is 0 Å². The van der Waals surface area contributed by atoms with Gasteiger partial charge in [-0.1, -0.05) is 32.6 Å². The molecule has 1 aromatic rings. The predicted octanol–water partition coefficient (Wildman–Crippen LogP) is 3.48. The molecule has 0 unspecified atom stereocenters. The van der Waals surface area contributed by atoms with Crippen LogP contribution in [-0.2, 0) is 0 Å². The Morgan fingerprint density at radius 1 is 1.05 bits per heavy atom.